The highest BCUT2D eigenvalue weighted by Gasteiger charge is 2.19. The molecule has 0 saturated heterocycles. The van der Waals surface area contributed by atoms with E-state index in [0.717, 1.165) is 36.1 Å². The molecule has 2 aliphatic heterocycles. The van der Waals surface area contributed by atoms with Crippen LogP contribution in [0.15, 0.2) is 28.7 Å². The van der Waals surface area contributed by atoms with Gasteiger partial charge in [0.2, 0.25) is 0 Å². The topological polar surface area (TPSA) is 49.3 Å². The molecule has 0 fully saturated rings. The summed E-state index contributed by atoms with van der Waals surface area (Å²) in [6.07, 6.45) is 3.22. The van der Waals surface area contributed by atoms with Gasteiger partial charge in [-0.15, -0.1) is 0 Å². The number of hydrogen-bond acceptors (Lipinski definition) is 5. The molecule has 0 spiro atoms. The Morgan fingerprint density at radius 1 is 1.16 bits per heavy atom. The minimum atomic E-state index is 0.596. The minimum absolute atomic E-state index is 0.596. The molecule has 7 heteroatoms. The molecule has 4 nitrogen and oxygen atoms in total. The SMILES string of the molecule is Clc1cncc(Cl)c1CSC1=NC2=C(CNC2)CN1. The second kappa shape index (κ2) is 5.71. The van der Waals surface area contributed by atoms with Gasteiger partial charge in [-0.2, -0.15) is 0 Å². The summed E-state index contributed by atoms with van der Waals surface area (Å²) in [5, 5.41) is 8.72. The fourth-order valence-corrected chi connectivity index (χ4v) is 3.58. The quantitative estimate of drug-likeness (QED) is 0.880. The molecule has 0 amide bonds. The van der Waals surface area contributed by atoms with Crippen molar-refractivity contribution in [3.05, 3.63) is 39.3 Å². The van der Waals surface area contributed by atoms with Crippen molar-refractivity contribution in [2.45, 2.75) is 5.75 Å². The highest BCUT2D eigenvalue weighted by atomic mass is 35.5. The number of nitrogens with zero attached hydrogens (tertiary/aromatic N) is 2. The number of pyridine rings is 1. The first kappa shape index (κ1) is 13.2. The Bertz CT molecular complexity index is 551. The van der Waals surface area contributed by atoms with Crippen molar-refractivity contribution in [3.63, 3.8) is 0 Å². The highest BCUT2D eigenvalue weighted by Crippen LogP contribution is 2.28. The fraction of sp³-hybridized carbons (Fsp3) is 0.333. The first-order valence-electron chi connectivity index (χ1n) is 5.89. The van der Waals surface area contributed by atoms with Crippen LogP contribution in [0.3, 0.4) is 0 Å². The number of amidine groups is 1. The Morgan fingerprint density at radius 2 is 1.95 bits per heavy atom. The molecule has 0 unspecified atom stereocenters. The predicted octanol–water partition coefficient (Wildman–Crippen LogP) is 2.44. The van der Waals surface area contributed by atoms with Crippen LogP contribution < -0.4 is 10.6 Å². The summed E-state index contributed by atoms with van der Waals surface area (Å²) in [6, 6.07) is 0. The molecule has 1 aromatic rings. The van der Waals surface area contributed by atoms with Gasteiger partial charge in [0.1, 0.15) is 0 Å². The van der Waals surface area contributed by atoms with Gasteiger partial charge in [0.05, 0.1) is 15.7 Å². The lowest BCUT2D eigenvalue weighted by Gasteiger charge is -2.16. The van der Waals surface area contributed by atoms with E-state index in [1.165, 1.54) is 5.57 Å². The number of hydrogen-bond donors (Lipinski definition) is 2. The van der Waals surface area contributed by atoms with Crippen LogP contribution in [0.25, 0.3) is 0 Å². The fourth-order valence-electron chi connectivity index (χ4n) is 1.99. The second-order valence-corrected chi connectivity index (χ2v) is 6.07. The van der Waals surface area contributed by atoms with Crippen LogP contribution in [-0.4, -0.2) is 29.8 Å². The highest BCUT2D eigenvalue weighted by molar-refractivity contribution is 8.13. The largest absolute Gasteiger partial charge is 0.361 e. The zero-order valence-electron chi connectivity index (χ0n) is 10.0. The maximum Gasteiger partial charge on any atom is 0.162 e. The molecular formula is C12H12Cl2N4S. The average Bonchev–Trinajstić information content (AvgIpc) is 2.85. The first-order valence-corrected chi connectivity index (χ1v) is 7.63. The third kappa shape index (κ3) is 2.89. The van der Waals surface area contributed by atoms with E-state index in [1.807, 2.05) is 0 Å². The van der Waals surface area contributed by atoms with E-state index in [9.17, 15) is 0 Å². The second-order valence-electron chi connectivity index (χ2n) is 4.29. The third-order valence-electron chi connectivity index (χ3n) is 3.03. The predicted molar refractivity (Wildman–Crippen MR) is 80.9 cm³/mol. The summed E-state index contributed by atoms with van der Waals surface area (Å²) < 4.78 is 0. The molecule has 0 aliphatic carbocycles. The Labute approximate surface area is 125 Å². The summed E-state index contributed by atoms with van der Waals surface area (Å²) in [7, 11) is 0. The number of halogens is 2. The van der Waals surface area contributed by atoms with Crippen molar-refractivity contribution in [3.8, 4) is 0 Å². The summed E-state index contributed by atoms with van der Waals surface area (Å²) in [5.74, 6) is 0.683. The number of aromatic nitrogens is 1. The van der Waals surface area contributed by atoms with E-state index >= 15 is 0 Å². The summed E-state index contributed by atoms with van der Waals surface area (Å²) in [4.78, 5) is 8.55. The average molecular weight is 315 g/mol. The van der Waals surface area contributed by atoms with Crippen LogP contribution in [0.1, 0.15) is 5.56 Å². The van der Waals surface area contributed by atoms with E-state index in [-0.39, 0.29) is 0 Å². The van der Waals surface area contributed by atoms with E-state index < -0.39 is 0 Å². The van der Waals surface area contributed by atoms with Gasteiger partial charge in [0, 0.05) is 43.3 Å². The zero-order valence-corrected chi connectivity index (χ0v) is 12.4. The summed E-state index contributed by atoms with van der Waals surface area (Å²) in [6.45, 7) is 2.66. The van der Waals surface area contributed by atoms with Crippen LogP contribution >= 0.6 is 35.0 Å². The molecule has 2 aliphatic rings. The van der Waals surface area contributed by atoms with Crippen molar-refractivity contribution in [1.29, 1.82) is 0 Å². The molecule has 1 aromatic heterocycles. The lowest BCUT2D eigenvalue weighted by molar-refractivity contribution is 0.850. The van der Waals surface area contributed by atoms with E-state index in [2.05, 4.69) is 20.6 Å². The molecule has 0 saturated carbocycles. The van der Waals surface area contributed by atoms with Crippen molar-refractivity contribution >= 4 is 40.1 Å². The van der Waals surface area contributed by atoms with E-state index in [4.69, 9.17) is 23.2 Å². The van der Waals surface area contributed by atoms with Gasteiger partial charge < -0.3 is 10.6 Å². The summed E-state index contributed by atoms with van der Waals surface area (Å²) in [5.41, 5.74) is 3.41. The minimum Gasteiger partial charge on any atom is -0.361 e. The van der Waals surface area contributed by atoms with Gasteiger partial charge >= 0.3 is 0 Å². The van der Waals surface area contributed by atoms with Crippen molar-refractivity contribution in [1.82, 2.24) is 15.6 Å². The van der Waals surface area contributed by atoms with Crippen molar-refractivity contribution in [2.24, 2.45) is 4.99 Å². The van der Waals surface area contributed by atoms with Gasteiger partial charge in [-0.05, 0) is 5.57 Å². The van der Waals surface area contributed by atoms with Crippen LogP contribution in [0.2, 0.25) is 10.0 Å². The standard InChI is InChI=1S/C12H12Cl2N4S/c13-9-3-16-4-10(14)8(9)6-19-12-17-2-7-1-15-5-11(7)18-12/h3-4,15H,1-2,5-6H2,(H,17,18). The molecule has 3 heterocycles. The van der Waals surface area contributed by atoms with E-state index in [1.54, 1.807) is 24.2 Å². The van der Waals surface area contributed by atoms with Gasteiger partial charge in [-0.1, -0.05) is 35.0 Å². The van der Waals surface area contributed by atoms with E-state index in [0.29, 0.717) is 15.8 Å². The van der Waals surface area contributed by atoms with Crippen LogP contribution in [0.5, 0.6) is 0 Å². The van der Waals surface area contributed by atoms with Gasteiger partial charge in [0.25, 0.3) is 0 Å². The molecule has 0 aromatic carbocycles. The van der Waals surface area contributed by atoms with Gasteiger partial charge in [-0.25, -0.2) is 4.99 Å². The van der Waals surface area contributed by atoms with Gasteiger partial charge in [-0.3, -0.25) is 4.98 Å². The van der Waals surface area contributed by atoms with Gasteiger partial charge in [0.15, 0.2) is 5.17 Å². The molecule has 100 valence electrons. The van der Waals surface area contributed by atoms with Crippen LogP contribution in [0.4, 0.5) is 0 Å². The lowest BCUT2D eigenvalue weighted by Crippen LogP contribution is -2.27. The zero-order chi connectivity index (χ0) is 13.2. The number of nitrogens with one attached hydrogen (secondary N) is 2. The Balaban J connectivity index is 1.70. The van der Waals surface area contributed by atoms with Crippen molar-refractivity contribution in [2.75, 3.05) is 19.6 Å². The normalized spacial score (nSPS) is 18.1. The number of rotatable bonds is 2. The monoisotopic (exact) mass is 314 g/mol. The van der Waals surface area contributed by atoms with Crippen LogP contribution in [0, 0.1) is 0 Å². The smallest absolute Gasteiger partial charge is 0.162 e. The molecular weight excluding hydrogens is 303 g/mol. The molecule has 0 radical (unpaired) electrons. The Kier molecular flexibility index (Phi) is 3.98. The third-order valence-corrected chi connectivity index (χ3v) is 4.63. The Morgan fingerprint density at radius 3 is 2.74 bits per heavy atom. The molecule has 0 bridgehead atoms. The Hall–Kier alpha value is -0.750. The number of thioether (sulfide) groups is 1. The summed E-state index contributed by atoms with van der Waals surface area (Å²) >= 11 is 13.8. The first-order chi connectivity index (χ1) is 9.24. The number of aliphatic imine (C=N–C) groups is 1. The molecule has 3 rings (SSSR count). The molecule has 19 heavy (non-hydrogen) atoms. The molecule has 2 N–H and O–H groups in total. The maximum absolute atomic E-state index is 6.10. The molecule has 0 atom stereocenters. The van der Waals surface area contributed by atoms with Crippen molar-refractivity contribution < 1.29 is 0 Å². The lowest BCUT2D eigenvalue weighted by atomic mass is 10.2. The maximum atomic E-state index is 6.10. The van der Waals surface area contributed by atoms with Crippen LogP contribution in [-0.2, 0) is 5.75 Å².